The zero-order chi connectivity index (χ0) is 11.3. The Morgan fingerprint density at radius 3 is 2.87 bits per heavy atom. The summed E-state index contributed by atoms with van der Waals surface area (Å²) in [6, 6.07) is 0. The van der Waals surface area contributed by atoms with Gasteiger partial charge >= 0.3 is 5.97 Å². The van der Waals surface area contributed by atoms with E-state index in [1.165, 1.54) is 6.92 Å². The third-order valence-corrected chi connectivity index (χ3v) is 1.96. The number of esters is 1. The average molecular weight is 214 g/mol. The van der Waals surface area contributed by atoms with Crippen LogP contribution in [0.4, 0.5) is 0 Å². The number of carbonyl (C=O) groups is 2. The van der Waals surface area contributed by atoms with Crippen LogP contribution >= 0.6 is 0 Å². The van der Waals surface area contributed by atoms with Crippen molar-refractivity contribution in [2.75, 3.05) is 19.8 Å². The standard InChI is InChI=1S/C10H14O5/c1-7(11)8(2)13-5-6-14-9-3-4-15-10(9)12/h9H,2-6H2,1H3. The zero-order valence-corrected chi connectivity index (χ0v) is 8.65. The number of rotatable bonds is 6. The molecular weight excluding hydrogens is 200 g/mol. The molecule has 0 N–H and O–H groups in total. The van der Waals surface area contributed by atoms with Crippen LogP contribution in [-0.4, -0.2) is 37.7 Å². The molecule has 5 heteroatoms. The Labute approximate surface area is 88.0 Å². The Hall–Kier alpha value is -1.36. The molecule has 1 aliphatic rings. The first kappa shape index (κ1) is 11.7. The molecule has 5 nitrogen and oxygen atoms in total. The van der Waals surface area contributed by atoms with Crippen molar-refractivity contribution in [3.8, 4) is 0 Å². The lowest BCUT2D eigenvalue weighted by atomic mass is 10.3. The van der Waals surface area contributed by atoms with Crippen molar-refractivity contribution in [2.24, 2.45) is 0 Å². The van der Waals surface area contributed by atoms with Gasteiger partial charge in [-0.25, -0.2) is 4.79 Å². The van der Waals surface area contributed by atoms with E-state index >= 15 is 0 Å². The number of allylic oxidation sites excluding steroid dienone is 1. The normalized spacial score (nSPS) is 19.8. The van der Waals surface area contributed by atoms with E-state index < -0.39 is 6.10 Å². The summed E-state index contributed by atoms with van der Waals surface area (Å²) in [5, 5.41) is 0. The highest BCUT2D eigenvalue weighted by atomic mass is 16.6. The van der Waals surface area contributed by atoms with Gasteiger partial charge in [0.1, 0.15) is 6.61 Å². The zero-order valence-electron chi connectivity index (χ0n) is 8.65. The lowest BCUT2D eigenvalue weighted by Gasteiger charge is -2.09. The van der Waals surface area contributed by atoms with Crippen LogP contribution in [0.25, 0.3) is 0 Å². The first-order chi connectivity index (χ1) is 7.11. The smallest absolute Gasteiger partial charge is 0.335 e. The predicted molar refractivity (Wildman–Crippen MR) is 51.1 cm³/mol. The summed E-state index contributed by atoms with van der Waals surface area (Å²) in [5.74, 6) is -0.441. The first-order valence-corrected chi connectivity index (χ1v) is 4.72. The van der Waals surface area contributed by atoms with Crippen molar-refractivity contribution in [3.63, 3.8) is 0 Å². The molecule has 84 valence electrons. The monoisotopic (exact) mass is 214 g/mol. The largest absolute Gasteiger partial charge is 0.488 e. The van der Waals surface area contributed by atoms with Gasteiger partial charge < -0.3 is 14.2 Å². The number of hydrogen-bond donors (Lipinski definition) is 0. The maximum atomic E-state index is 11.0. The molecule has 15 heavy (non-hydrogen) atoms. The summed E-state index contributed by atoms with van der Waals surface area (Å²) in [6.45, 7) is 5.65. The number of Topliss-reactive ketones (excluding diaryl/α,β-unsaturated/α-hetero) is 1. The summed E-state index contributed by atoms with van der Waals surface area (Å²) in [6.07, 6.45) is 0.0890. The van der Waals surface area contributed by atoms with Gasteiger partial charge in [-0.1, -0.05) is 6.58 Å². The van der Waals surface area contributed by atoms with Crippen molar-refractivity contribution in [1.82, 2.24) is 0 Å². The van der Waals surface area contributed by atoms with Crippen LogP contribution < -0.4 is 0 Å². The van der Waals surface area contributed by atoms with Crippen LogP contribution in [0.2, 0.25) is 0 Å². The van der Waals surface area contributed by atoms with E-state index in [0.29, 0.717) is 13.0 Å². The van der Waals surface area contributed by atoms with Gasteiger partial charge in [0.25, 0.3) is 0 Å². The van der Waals surface area contributed by atoms with Crippen molar-refractivity contribution >= 4 is 11.8 Å². The third-order valence-electron chi connectivity index (χ3n) is 1.96. The summed E-state index contributed by atoms with van der Waals surface area (Å²) in [7, 11) is 0. The number of ketones is 1. The summed E-state index contributed by atoms with van der Waals surface area (Å²) >= 11 is 0. The van der Waals surface area contributed by atoms with Gasteiger partial charge in [0.15, 0.2) is 17.6 Å². The van der Waals surface area contributed by atoms with E-state index in [9.17, 15) is 9.59 Å². The van der Waals surface area contributed by atoms with Crippen LogP contribution in [0.1, 0.15) is 13.3 Å². The van der Waals surface area contributed by atoms with Crippen molar-refractivity contribution in [1.29, 1.82) is 0 Å². The fourth-order valence-corrected chi connectivity index (χ4v) is 1.09. The predicted octanol–water partition coefficient (Wildman–Crippen LogP) is 0.438. The Kier molecular flexibility index (Phi) is 4.30. The van der Waals surface area contributed by atoms with Crippen LogP contribution in [0.5, 0.6) is 0 Å². The fourth-order valence-electron chi connectivity index (χ4n) is 1.09. The average Bonchev–Trinajstić information content (AvgIpc) is 2.58. The van der Waals surface area contributed by atoms with Gasteiger partial charge in [-0.15, -0.1) is 0 Å². The molecule has 0 aromatic carbocycles. The topological polar surface area (TPSA) is 61.8 Å². The second-order valence-corrected chi connectivity index (χ2v) is 3.14. The molecule has 1 heterocycles. The van der Waals surface area contributed by atoms with E-state index in [1.807, 2.05) is 0 Å². The van der Waals surface area contributed by atoms with E-state index in [-0.39, 0.29) is 30.7 Å². The maximum Gasteiger partial charge on any atom is 0.335 e. The molecule has 1 unspecified atom stereocenters. The molecule has 0 radical (unpaired) electrons. The molecule has 0 aromatic rings. The molecular formula is C10H14O5. The lowest BCUT2D eigenvalue weighted by molar-refractivity contribution is -0.147. The van der Waals surface area contributed by atoms with Gasteiger partial charge in [-0.3, -0.25) is 4.79 Å². The van der Waals surface area contributed by atoms with E-state index in [1.54, 1.807) is 0 Å². The van der Waals surface area contributed by atoms with Crippen molar-refractivity contribution in [2.45, 2.75) is 19.4 Å². The molecule has 0 aromatic heterocycles. The third kappa shape index (κ3) is 3.71. The minimum absolute atomic E-state index is 0.104. The van der Waals surface area contributed by atoms with Gasteiger partial charge in [0, 0.05) is 13.3 Å². The summed E-state index contributed by atoms with van der Waals surface area (Å²) in [4.78, 5) is 21.7. The second kappa shape index (κ2) is 5.50. The molecule has 0 aliphatic carbocycles. The number of carbonyl (C=O) groups excluding carboxylic acids is 2. The lowest BCUT2D eigenvalue weighted by Crippen LogP contribution is -2.21. The minimum atomic E-state index is -0.487. The maximum absolute atomic E-state index is 11.0. The summed E-state index contributed by atoms with van der Waals surface area (Å²) in [5.41, 5.74) is 0. The Morgan fingerprint density at radius 1 is 1.60 bits per heavy atom. The van der Waals surface area contributed by atoms with Crippen molar-refractivity contribution < 1.29 is 23.8 Å². The molecule has 0 saturated carbocycles. The molecule has 1 aliphatic heterocycles. The SMILES string of the molecule is C=C(OCCOC1CCOC1=O)C(C)=O. The van der Waals surface area contributed by atoms with E-state index in [4.69, 9.17) is 14.2 Å². The van der Waals surface area contributed by atoms with E-state index in [0.717, 1.165) is 0 Å². The molecule has 1 saturated heterocycles. The second-order valence-electron chi connectivity index (χ2n) is 3.14. The fraction of sp³-hybridized carbons (Fsp3) is 0.600. The number of ether oxygens (including phenoxy) is 3. The number of cyclic esters (lactones) is 1. The van der Waals surface area contributed by atoms with Gasteiger partial charge in [-0.05, 0) is 0 Å². The Bertz CT molecular complexity index is 271. The molecule has 0 spiro atoms. The highest BCUT2D eigenvalue weighted by Gasteiger charge is 2.26. The molecule has 1 atom stereocenters. The summed E-state index contributed by atoms with van der Waals surface area (Å²) < 4.78 is 14.9. The molecule has 1 rings (SSSR count). The first-order valence-electron chi connectivity index (χ1n) is 4.72. The van der Waals surface area contributed by atoms with E-state index in [2.05, 4.69) is 6.58 Å². The highest BCUT2D eigenvalue weighted by Crippen LogP contribution is 2.09. The van der Waals surface area contributed by atoms with Crippen LogP contribution in [0.3, 0.4) is 0 Å². The van der Waals surface area contributed by atoms with Gasteiger partial charge in [-0.2, -0.15) is 0 Å². The Balaban J connectivity index is 2.09. The van der Waals surface area contributed by atoms with Gasteiger partial charge in [0.05, 0.1) is 13.2 Å². The molecule has 1 fully saturated rings. The quantitative estimate of drug-likeness (QED) is 0.278. The van der Waals surface area contributed by atoms with Crippen LogP contribution in [-0.2, 0) is 23.8 Å². The highest BCUT2D eigenvalue weighted by molar-refractivity contribution is 5.90. The minimum Gasteiger partial charge on any atom is -0.488 e. The van der Waals surface area contributed by atoms with Gasteiger partial charge in [0.2, 0.25) is 0 Å². The molecule has 0 amide bonds. The molecule has 0 bridgehead atoms. The van der Waals surface area contributed by atoms with Crippen molar-refractivity contribution in [3.05, 3.63) is 12.3 Å². The van der Waals surface area contributed by atoms with Crippen LogP contribution in [0.15, 0.2) is 12.3 Å². The number of hydrogen-bond acceptors (Lipinski definition) is 5. The Morgan fingerprint density at radius 2 is 2.33 bits per heavy atom. The van der Waals surface area contributed by atoms with Crippen LogP contribution in [0, 0.1) is 0 Å².